The van der Waals surface area contributed by atoms with Crippen molar-refractivity contribution in [1.82, 2.24) is 15.3 Å². The molecule has 3 N–H and O–H groups in total. The predicted octanol–water partition coefficient (Wildman–Crippen LogP) is 5.53. The molecule has 0 spiro atoms. The van der Waals surface area contributed by atoms with Gasteiger partial charge in [-0.1, -0.05) is 72.3 Å². The lowest BCUT2D eigenvalue weighted by molar-refractivity contribution is -0.384. The van der Waals surface area contributed by atoms with Crippen molar-refractivity contribution in [2.24, 2.45) is 10.7 Å². The van der Waals surface area contributed by atoms with Crippen LogP contribution in [0.4, 0.5) is 11.6 Å². The van der Waals surface area contributed by atoms with E-state index >= 15 is 0 Å². The van der Waals surface area contributed by atoms with Crippen molar-refractivity contribution in [2.75, 3.05) is 0 Å². The smallest absolute Gasteiger partial charge is 0.270 e. The lowest BCUT2D eigenvalue weighted by Crippen LogP contribution is -2.30. The van der Waals surface area contributed by atoms with Crippen molar-refractivity contribution in [2.45, 2.75) is 6.54 Å². The number of nitro groups is 1. The Bertz CT molecular complexity index is 1330. The summed E-state index contributed by atoms with van der Waals surface area (Å²) in [4.78, 5) is 24.1. The normalized spacial score (nSPS) is 10.9. The highest BCUT2D eigenvalue weighted by Crippen LogP contribution is 2.28. The van der Waals surface area contributed by atoms with Crippen LogP contribution in [0.1, 0.15) is 5.56 Å². The number of hydrogen-bond acceptors (Lipinski definition) is 5. The molecular formula is C24H20Cl2N6O2. The van der Waals surface area contributed by atoms with Crippen molar-refractivity contribution < 1.29 is 4.92 Å². The zero-order valence-electron chi connectivity index (χ0n) is 17.8. The summed E-state index contributed by atoms with van der Waals surface area (Å²) < 4.78 is 0. The molecule has 34 heavy (non-hydrogen) atoms. The molecule has 0 radical (unpaired) electrons. The summed E-state index contributed by atoms with van der Waals surface area (Å²) in [5.74, 6) is 0.243. The third-order valence-corrected chi connectivity index (χ3v) is 5.14. The molecular weight excluding hydrogens is 475 g/mol. The largest absolute Gasteiger partial charge is 0.370 e. The number of benzene rings is 3. The molecule has 0 atom stereocenters. The number of nitro benzene ring substituents is 1. The van der Waals surface area contributed by atoms with Crippen molar-refractivity contribution in [3.8, 4) is 22.5 Å². The van der Waals surface area contributed by atoms with Crippen molar-refractivity contribution in [1.29, 1.82) is 0 Å². The van der Waals surface area contributed by atoms with Gasteiger partial charge in [0.2, 0.25) is 0 Å². The van der Waals surface area contributed by atoms with E-state index in [9.17, 15) is 10.1 Å². The number of guanidine groups is 1. The lowest BCUT2D eigenvalue weighted by Gasteiger charge is -2.09. The van der Waals surface area contributed by atoms with E-state index in [1.807, 2.05) is 48.5 Å². The molecule has 0 aliphatic carbocycles. The Morgan fingerprint density at radius 2 is 1.59 bits per heavy atom. The highest BCUT2D eigenvalue weighted by molar-refractivity contribution is 6.31. The molecule has 4 rings (SSSR count). The molecule has 0 bridgehead atoms. The summed E-state index contributed by atoms with van der Waals surface area (Å²) in [6.07, 6.45) is 0. The van der Waals surface area contributed by atoms with Crippen molar-refractivity contribution >= 4 is 41.6 Å². The first-order chi connectivity index (χ1) is 16.0. The Balaban J connectivity index is 0.00000324. The molecule has 1 heterocycles. The van der Waals surface area contributed by atoms with Gasteiger partial charge in [0.1, 0.15) is 0 Å². The fraction of sp³-hybridized carbons (Fsp3) is 0.0417. The van der Waals surface area contributed by atoms with Gasteiger partial charge in [0.05, 0.1) is 16.3 Å². The molecule has 0 saturated carbocycles. The van der Waals surface area contributed by atoms with Gasteiger partial charge in [-0.3, -0.25) is 10.1 Å². The molecule has 8 nitrogen and oxygen atoms in total. The Labute approximate surface area is 207 Å². The highest BCUT2D eigenvalue weighted by atomic mass is 35.5. The van der Waals surface area contributed by atoms with Crippen molar-refractivity contribution in [3.63, 3.8) is 0 Å². The fourth-order valence-corrected chi connectivity index (χ4v) is 3.35. The lowest BCUT2D eigenvalue weighted by atomic mass is 10.1. The Hall–Kier alpha value is -4.01. The van der Waals surface area contributed by atoms with Gasteiger partial charge in [-0.05, 0) is 17.7 Å². The molecule has 0 amide bonds. The number of non-ortho nitro benzene ring substituents is 1. The van der Waals surface area contributed by atoms with Gasteiger partial charge in [-0.15, -0.1) is 12.4 Å². The van der Waals surface area contributed by atoms with Crippen LogP contribution in [0.3, 0.4) is 0 Å². The summed E-state index contributed by atoms with van der Waals surface area (Å²) in [6.45, 7) is 0.380. The minimum absolute atomic E-state index is 0. The van der Waals surface area contributed by atoms with Crippen LogP contribution in [0, 0.1) is 10.1 Å². The molecule has 0 unspecified atom stereocenters. The number of nitrogens with two attached hydrogens (primary N) is 1. The van der Waals surface area contributed by atoms with Gasteiger partial charge in [-0.25, -0.2) is 9.97 Å². The van der Waals surface area contributed by atoms with Gasteiger partial charge in [0.15, 0.2) is 5.96 Å². The standard InChI is InChI=1S/C24H19ClN6O2.ClH/c25-20-12-5-4-9-18(20)15-27-23(26)30-24-28-21(16-7-2-1-3-8-16)14-22(29-24)17-10-6-11-19(13-17)31(32)33;/h1-14H,15H2,(H3,26,27,28,29,30);1H. The van der Waals surface area contributed by atoms with E-state index < -0.39 is 4.92 Å². The van der Waals surface area contributed by atoms with Crippen molar-refractivity contribution in [3.05, 3.63) is 106 Å². The quantitative estimate of drug-likeness (QED) is 0.157. The average Bonchev–Trinajstić information content (AvgIpc) is 2.84. The molecule has 4 aromatic rings. The molecule has 10 heteroatoms. The molecule has 0 aliphatic heterocycles. The SMILES string of the molecule is Cl.NC(=Nc1nc(-c2ccccc2)cc(-c2cccc([N+](=O)[O-])c2)n1)NCc1ccccc1Cl. The Morgan fingerprint density at radius 3 is 2.29 bits per heavy atom. The van der Waals surface area contributed by atoms with E-state index in [4.69, 9.17) is 17.3 Å². The topological polar surface area (TPSA) is 119 Å². The number of aliphatic imine (C=N–C) groups is 1. The van der Waals surface area contributed by atoms with Crippen LogP contribution in [0.25, 0.3) is 22.5 Å². The van der Waals surface area contributed by atoms with Crippen LogP contribution >= 0.6 is 24.0 Å². The number of hydrogen-bond donors (Lipinski definition) is 2. The molecule has 172 valence electrons. The Kier molecular flexibility index (Phi) is 8.13. The number of halogens is 2. The maximum atomic E-state index is 11.2. The third-order valence-electron chi connectivity index (χ3n) is 4.77. The van der Waals surface area contributed by atoms with Crippen LogP contribution in [0.5, 0.6) is 0 Å². The van der Waals surface area contributed by atoms with E-state index in [2.05, 4.69) is 20.3 Å². The summed E-state index contributed by atoms with van der Waals surface area (Å²) in [5, 5.41) is 14.8. The number of nitrogens with one attached hydrogen (secondary N) is 1. The van der Waals surface area contributed by atoms with Gasteiger partial charge in [0, 0.05) is 34.8 Å². The minimum Gasteiger partial charge on any atom is -0.370 e. The second kappa shape index (κ2) is 11.2. The predicted molar refractivity (Wildman–Crippen MR) is 136 cm³/mol. The summed E-state index contributed by atoms with van der Waals surface area (Å²) in [6, 6.07) is 24.9. The Morgan fingerprint density at radius 1 is 0.941 bits per heavy atom. The van der Waals surface area contributed by atoms with Crippen LogP contribution in [0.2, 0.25) is 5.02 Å². The van der Waals surface area contributed by atoms with Gasteiger partial charge >= 0.3 is 0 Å². The molecule has 0 saturated heterocycles. The minimum atomic E-state index is -0.446. The van der Waals surface area contributed by atoms with Gasteiger partial charge < -0.3 is 11.1 Å². The van der Waals surface area contributed by atoms with Crippen LogP contribution in [-0.2, 0) is 6.54 Å². The number of aromatic nitrogens is 2. The van der Waals surface area contributed by atoms with Crippen LogP contribution in [-0.4, -0.2) is 20.9 Å². The molecule has 3 aromatic carbocycles. The molecule has 1 aromatic heterocycles. The fourth-order valence-electron chi connectivity index (χ4n) is 3.14. The van der Waals surface area contributed by atoms with Gasteiger partial charge in [-0.2, -0.15) is 4.99 Å². The number of nitrogens with zero attached hydrogens (tertiary/aromatic N) is 4. The molecule has 0 fully saturated rings. The first kappa shape index (κ1) is 24.6. The second-order valence-electron chi connectivity index (χ2n) is 7.05. The van der Waals surface area contributed by atoms with E-state index in [1.54, 1.807) is 24.3 Å². The van der Waals surface area contributed by atoms with E-state index in [0.717, 1.165) is 11.1 Å². The maximum absolute atomic E-state index is 11.2. The van der Waals surface area contributed by atoms with Gasteiger partial charge in [0.25, 0.3) is 11.6 Å². The summed E-state index contributed by atoms with van der Waals surface area (Å²) >= 11 is 6.19. The van der Waals surface area contributed by atoms with Crippen LogP contribution in [0.15, 0.2) is 89.9 Å². The first-order valence-electron chi connectivity index (χ1n) is 10.0. The third kappa shape index (κ3) is 6.06. The first-order valence-corrected chi connectivity index (χ1v) is 10.4. The maximum Gasteiger partial charge on any atom is 0.270 e. The summed E-state index contributed by atoms with van der Waals surface area (Å²) in [7, 11) is 0. The van der Waals surface area contributed by atoms with E-state index in [-0.39, 0.29) is 30.0 Å². The second-order valence-corrected chi connectivity index (χ2v) is 7.46. The summed E-state index contributed by atoms with van der Waals surface area (Å²) in [5.41, 5.74) is 9.44. The number of rotatable bonds is 6. The highest BCUT2D eigenvalue weighted by Gasteiger charge is 2.12. The monoisotopic (exact) mass is 494 g/mol. The zero-order chi connectivity index (χ0) is 23.2. The zero-order valence-corrected chi connectivity index (χ0v) is 19.3. The average molecular weight is 495 g/mol. The van der Waals surface area contributed by atoms with E-state index in [0.29, 0.717) is 28.5 Å². The van der Waals surface area contributed by atoms with Crippen LogP contribution < -0.4 is 11.1 Å². The van der Waals surface area contributed by atoms with E-state index in [1.165, 1.54) is 12.1 Å². The molecule has 0 aliphatic rings.